The van der Waals surface area contributed by atoms with Crippen molar-refractivity contribution >= 4 is 17.3 Å². The predicted molar refractivity (Wildman–Crippen MR) is 108 cm³/mol. The van der Waals surface area contributed by atoms with E-state index in [0.717, 1.165) is 17.5 Å². The summed E-state index contributed by atoms with van der Waals surface area (Å²) in [7, 11) is 0. The number of aromatic nitrogens is 1. The second-order valence-corrected chi connectivity index (χ2v) is 8.65. The van der Waals surface area contributed by atoms with E-state index in [-0.39, 0.29) is 5.56 Å². The van der Waals surface area contributed by atoms with Gasteiger partial charge in [-0.3, -0.25) is 4.79 Å². The summed E-state index contributed by atoms with van der Waals surface area (Å²) in [5.74, 6) is -0.400. The Hall–Kier alpha value is -2.66. The summed E-state index contributed by atoms with van der Waals surface area (Å²) in [5, 5.41) is 2.01. The lowest BCUT2D eigenvalue weighted by Crippen LogP contribution is -2.31. The van der Waals surface area contributed by atoms with Crippen LogP contribution in [-0.4, -0.2) is 16.1 Å². The number of esters is 1. The lowest BCUT2D eigenvalue weighted by atomic mass is 9.97. The normalized spacial score (nSPS) is 13.0. The van der Waals surface area contributed by atoms with Crippen molar-refractivity contribution < 1.29 is 9.53 Å². The predicted octanol–water partition coefficient (Wildman–Crippen LogP) is 4.76. The molecule has 0 atom stereocenters. The highest BCUT2D eigenvalue weighted by atomic mass is 32.1. The Morgan fingerprint density at radius 2 is 1.85 bits per heavy atom. The van der Waals surface area contributed by atoms with Gasteiger partial charge in [-0.05, 0) is 43.8 Å². The molecule has 0 unspecified atom stereocenters. The largest absolute Gasteiger partial charge is 0.456 e. The molecule has 0 bridgehead atoms. The molecule has 4 nitrogen and oxygen atoms in total. The van der Waals surface area contributed by atoms with E-state index in [1.165, 1.54) is 4.88 Å². The van der Waals surface area contributed by atoms with E-state index < -0.39 is 11.6 Å². The van der Waals surface area contributed by atoms with Gasteiger partial charge in [0.25, 0.3) is 5.56 Å². The van der Waals surface area contributed by atoms with Crippen LogP contribution in [0, 0.1) is 0 Å². The third-order valence-corrected chi connectivity index (χ3v) is 5.54. The summed E-state index contributed by atoms with van der Waals surface area (Å²) in [6.45, 7) is 6.11. The van der Waals surface area contributed by atoms with Crippen molar-refractivity contribution in [3.05, 3.63) is 68.6 Å². The molecule has 3 aromatic rings. The van der Waals surface area contributed by atoms with Crippen molar-refractivity contribution in [1.82, 2.24) is 4.57 Å². The summed E-state index contributed by atoms with van der Waals surface area (Å²) in [5.41, 5.74) is 2.74. The Balaban J connectivity index is 1.99. The Bertz CT molecular complexity index is 1070. The Kier molecular flexibility index (Phi) is 4.27. The van der Waals surface area contributed by atoms with Crippen LogP contribution in [0.2, 0.25) is 0 Å². The molecular formula is C22H21NO3S. The van der Waals surface area contributed by atoms with Crippen LogP contribution < -0.4 is 5.56 Å². The summed E-state index contributed by atoms with van der Waals surface area (Å²) in [6, 6.07) is 13.2. The topological polar surface area (TPSA) is 48.3 Å². The molecule has 1 aromatic carbocycles. The second-order valence-electron chi connectivity index (χ2n) is 7.65. The number of carbonyl (C=O) groups excluding carboxylic acids is 1. The summed E-state index contributed by atoms with van der Waals surface area (Å²) < 4.78 is 7.39. The van der Waals surface area contributed by atoms with E-state index in [1.54, 1.807) is 22.0 Å². The Morgan fingerprint density at radius 1 is 1.11 bits per heavy atom. The van der Waals surface area contributed by atoms with Gasteiger partial charge in [-0.2, -0.15) is 0 Å². The monoisotopic (exact) mass is 379 g/mol. The van der Waals surface area contributed by atoms with Crippen molar-refractivity contribution in [2.45, 2.75) is 39.3 Å². The minimum atomic E-state index is -0.607. The quantitative estimate of drug-likeness (QED) is 0.604. The number of fused-ring (bicyclic) bond motifs is 3. The lowest BCUT2D eigenvalue weighted by molar-refractivity contribution is 0.00696. The van der Waals surface area contributed by atoms with Crippen LogP contribution in [0.4, 0.5) is 0 Å². The number of hydrogen-bond donors (Lipinski definition) is 0. The molecule has 1 aliphatic rings. The van der Waals surface area contributed by atoms with E-state index in [0.29, 0.717) is 23.4 Å². The van der Waals surface area contributed by atoms with Crippen molar-refractivity contribution in [2.24, 2.45) is 0 Å². The summed E-state index contributed by atoms with van der Waals surface area (Å²) >= 11 is 1.66. The van der Waals surface area contributed by atoms with Crippen molar-refractivity contribution in [1.29, 1.82) is 0 Å². The number of nitrogens with zero attached hydrogens (tertiary/aromatic N) is 1. The molecule has 3 heterocycles. The fourth-order valence-electron chi connectivity index (χ4n) is 3.44. The average molecular weight is 379 g/mol. The molecule has 2 aromatic heterocycles. The first kappa shape index (κ1) is 17.7. The first-order valence-corrected chi connectivity index (χ1v) is 9.86. The second kappa shape index (κ2) is 6.50. The van der Waals surface area contributed by atoms with Gasteiger partial charge in [0, 0.05) is 29.0 Å². The maximum Gasteiger partial charge on any atom is 0.340 e. The molecule has 5 heteroatoms. The van der Waals surface area contributed by atoms with Crippen LogP contribution in [0.5, 0.6) is 0 Å². The maximum atomic E-state index is 13.2. The molecule has 138 valence electrons. The molecule has 0 saturated carbocycles. The molecule has 0 N–H and O–H groups in total. The van der Waals surface area contributed by atoms with Gasteiger partial charge in [0.1, 0.15) is 5.60 Å². The summed E-state index contributed by atoms with van der Waals surface area (Å²) in [6.07, 6.45) is 0.798. The number of aryl methyl sites for hydroxylation is 1. The standard InChI is InChI=1S/C22H21NO3S/c1-22(2,3)26-21(25)17-13-16(14-7-5-4-6-8-14)20(24)23-11-9-18-15(19(17)23)10-12-27-18/h4-8,10,12-13H,9,11H2,1-3H3. The van der Waals surface area contributed by atoms with Crippen LogP contribution >= 0.6 is 11.3 Å². The third kappa shape index (κ3) is 3.23. The van der Waals surface area contributed by atoms with Gasteiger partial charge in [-0.15, -0.1) is 11.3 Å². The number of hydrogen-bond acceptors (Lipinski definition) is 4. The van der Waals surface area contributed by atoms with Gasteiger partial charge in [0.15, 0.2) is 0 Å². The van der Waals surface area contributed by atoms with Crippen LogP contribution in [0.1, 0.15) is 36.0 Å². The van der Waals surface area contributed by atoms with Gasteiger partial charge in [-0.1, -0.05) is 30.3 Å². The van der Waals surface area contributed by atoms with E-state index in [9.17, 15) is 9.59 Å². The zero-order chi connectivity index (χ0) is 19.2. The van der Waals surface area contributed by atoms with Gasteiger partial charge in [-0.25, -0.2) is 4.79 Å². The van der Waals surface area contributed by atoms with Crippen molar-refractivity contribution in [3.63, 3.8) is 0 Å². The molecule has 4 rings (SSSR count). The van der Waals surface area contributed by atoms with E-state index in [1.807, 2.05) is 62.5 Å². The molecule has 0 fully saturated rings. The SMILES string of the molecule is CC(C)(C)OC(=O)c1cc(-c2ccccc2)c(=O)n2c1-c1ccsc1CC2. The number of benzene rings is 1. The first-order valence-electron chi connectivity index (χ1n) is 8.98. The van der Waals surface area contributed by atoms with Crippen LogP contribution in [0.15, 0.2) is 52.6 Å². The van der Waals surface area contributed by atoms with E-state index in [2.05, 4.69) is 0 Å². The number of rotatable bonds is 2. The Labute approximate surface area is 162 Å². The summed E-state index contributed by atoms with van der Waals surface area (Å²) in [4.78, 5) is 27.4. The van der Waals surface area contributed by atoms with Crippen molar-refractivity contribution in [3.8, 4) is 22.4 Å². The number of ether oxygens (including phenoxy) is 1. The highest BCUT2D eigenvalue weighted by Crippen LogP contribution is 2.36. The van der Waals surface area contributed by atoms with Crippen LogP contribution in [0.25, 0.3) is 22.4 Å². The Morgan fingerprint density at radius 3 is 2.56 bits per heavy atom. The van der Waals surface area contributed by atoms with E-state index in [4.69, 9.17) is 4.74 Å². The molecule has 0 saturated heterocycles. The lowest BCUT2D eigenvalue weighted by Gasteiger charge is -2.25. The minimum absolute atomic E-state index is 0.0691. The molecule has 27 heavy (non-hydrogen) atoms. The van der Waals surface area contributed by atoms with E-state index >= 15 is 0 Å². The smallest absolute Gasteiger partial charge is 0.340 e. The van der Waals surface area contributed by atoms with Crippen molar-refractivity contribution in [2.75, 3.05) is 0 Å². The zero-order valence-electron chi connectivity index (χ0n) is 15.6. The molecule has 1 aliphatic heterocycles. The van der Waals surface area contributed by atoms with Gasteiger partial charge in [0.05, 0.1) is 11.3 Å². The number of carbonyl (C=O) groups is 1. The fraction of sp³-hybridized carbons (Fsp3) is 0.273. The van der Waals surface area contributed by atoms with Crippen LogP contribution in [0.3, 0.4) is 0 Å². The average Bonchev–Trinajstić information content (AvgIpc) is 3.10. The van der Waals surface area contributed by atoms with Gasteiger partial charge >= 0.3 is 5.97 Å². The number of pyridine rings is 1. The molecule has 0 spiro atoms. The fourth-order valence-corrected chi connectivity index (χ4v) is 4.31. The first-order chi connectivity index (χ1) is 12.8. The number of thiophene rings is 1. The molecular weight excluding hydrogens is 358 g/mol. The molecule has 0 radical (unpaired) electrons. The third-order valence-electron chi connectivity index (χ3n) is 4.56. The minimum Gasteiger partial charge on any atom is -0.456 e. The van der Waals surface area contributed by atoms with Crippen LogP contribution in [-0.2, 0) is 17.7 Å². The van der Waals surface area contributed by atoms with Gasteiger partial charge < -0.3 is 9.30 Å². The zero-order valence-corrected chi connectivity index (χ0v) is 16.4. The maximum absolute atomic E-state index is 13.2. The molecule has 0 amide bonds. The highest BCUT2D eigenvalue weighted by Gasteiger charge is 2.29. The highest BCUT2D eigenvalue weighted by molar-refractivity contribution is 7.10. The molecule has 0 aliphatic carbocycles. The van der Waals surface area contributed by atoms with Gasteiger partial charge in [0.2, 0.25) is 0 Å².